The first-order valence-corrected chi connectivity index (χ1v) is 9.36. The Labute approximate surface area is 138 Å². The fourth-order valence-electron chi connectivity index (χ4n) is 2.61. The van der Waals surface area contributed by atoms with Crippen molar-refractivity contribution < 1.29 is 13.2 Å². The van der Waals surface area contributed by atoms with E-state index in [0.29, 0.717) is 6.54 Å². The number of carbonyl (C=O) groups excluding carboxylic acids is 1. The summed E-state index contributed by atoms with van der Waals surface area (Å²) < 4.78 is 27.1. The van der Waals surface area contributed by atoms with Crippen LogP contribution in [0.1, 0.15) is 24.5 Å². The van der Waals surface area contributed by atoms with E-state index in [1.165, 1.54) is 0 Å². The second kappa shape index (κ2) is 7.42. The highest BCUT2D eigenvalue weighted by Crippen LogP contribution is 2.14. The van der Waals surface area contributed by atoms with Crippen molar-refractivity contribution >= 4 is 15.9 Å². The van der Waals surface area contributed by atoms with Crippen LogP contribution in [0.3, 0.4) is 0 Å². The fraction of sp³-hybridized carbons (Fsp3) is 0.562. The molecule has 0 aromatic heterocycles. The van der Waals surface area contributed by atoms with Gasteiger partial charge in [-0.05, 0) is 44.0 Å². The van der Waals surface area contributed by atoms with Gasteiger partial charge in [-0.15, -0.1) is 0 Å². The molecular weight excluding hydrogens is 314 g/mol. The lowest BCUT2D eigenvalue weighted by atomic mass is 10.1. The molecule has 2 N–H and O–H groups in total. The van der Waals surface area contributed by atoms with Crippen LogP contribution in [0, 0.1) is 13.8 Å². The van der Waals surface area contributed by atoms with Gasteiger partial charge in [0.25, 0.3) is 0 Å². The second-order valence-corrected chi connectivity index (χ2v) is 7.80. The normalized spacial score (nSPS) is 18.9. The van der Waals surface area contributed by atoms with Gasteiger partial charge in [-0.25, -0.2) is 13.1 Å². The molecule has 128 valence electrons. The van der Waals surface area contributed by atoms with Gasteiger partial charge >= 0.3 is 0 Å². The molecule has 23 heavy (non-hydrogen) atoms. The summed E-state index contributed by atoms with van der Waals surface area (Å²) in [6.45, 7) is 8.15. The van der Waals surface area contributed by atoms with E-state index in [9.17, 15) is 13.2 Å². The molecule has 0 aliphatic carbocycles. The first-order chi connectivity index (χ1) is 10.8. The Kier molecular flexibility index (Phi) is 5.78. The Morgan fingerprint density at radius 3 is 2.74 bits per heavy atom. The molecule has 2 rings (SSSR count). The molecule has 0 bridgehead atoms. The van der Waals surface area contributed by atoms with Crippen LogP contribution in [0.15, 0.2) is 23.1 Å². The van der Waals surface area contributed by atoms with E-state index in [0.717, 1.165) is 24.2 Å². The van der Waals surface area contributed by atoms with Crippen LogP contribution in [0.2, 0.25) is 0 Å². The minimum absolute atomic E-state index is 0.0122. The van der Waals surface area contributed by atoms with Crippen molar-refractivity contribution in [3.63, 3.8) is 0 Å². The molecule has 0 radical (unpaired) electrons. The van der Waals surface area contributed by atoms with Crippen molar-refractivity contribution in [2.45, 2.75) is 38.1 Å². The van der Waals surface area contributed by atoms with Crippen molar-refractivity contribution in [1.82, 2.24) is 14.9 Å². The van der Waals surface area contributed by atoms with Crippen molar-refractivity contribution in [3.8, 4) is 0 Å². The molecule has 0 saturated carbocycles. The molecule has 0 spiro atoms. The molecule has 0 unspecified atom stereocenters. The maximum absolute atomic E-state index is 12.3. The van der Waals surface area contributed by atoms with Crippen molar-refractivity contribution in [3.05, 3.63) is 29.3 Å². The standard InChI is InChI=1S/C16H25N3O3S/c1-12-4-5-15(10-13(12)2)23(21,22)18-7-6-16(20)19-9-8-17-11-14(19)3/h4-5,10,14,17-18H,6-9,11H2,1-3H3/t14-/m0/s1. The van der Waals surface area contributed by atoms with E-state index in [1.807, 2.05) is 20.8 Å². The van der Waals surface area contributed by atoms with Crippen LogP contribution in [0.25, 0.3) is 0 Å². The molecule has 1 aliphatic heterocycles. The van der Waals surface area contributed by atoms with Gasteiger partial charge in [0.2, 0.25) is 15.9 Å². The number of nitrogens with zero attached hydrogens (tertiary/aromatic N) is 1. The predicted octanol–water partition coefficient (Wildman–Crippen LogP) is 0.792. The minimum atomic E-state index is -3.57. The van der Waals surface area contributed by atoms with Crippen LogP contribution in [-0.4, -0.2) is 51.4 Å². The van der Waals surface area contributed by atoms with Crippen molar-refractivity contribution in [2.75, 3.05) is 26.2 Å². The highest BCUT2D eigenvalue weighted by Gasteiger charge is 2.23. The monoisotopic (exact) mass is 339 g/mol. The van der Waals surface area contributed by atoms with Gasteiger partial charge in [-0.3, -0.25) is 4.79 Å². The van der Waals surface area contributed by atoms with Gasteiger partial charge in [0.05, 0.1) is 4.90 Å². The van der Waals surface area contributed by atoms with Crippen molar-refractivity contribution in [2.24, 2.45) is 0 Å². The second-order valence-electron chi connectivity index (χ2n) is 6.03. The lowest BCUT2D eigenvalue weighted by molar-refractivity contribution is -0.133. The summed E-state index contributed by atoms with van der Waals surface area (Å²) in [4.78, 5) is 14.2. The maximum Gasteiger partial charge on any atom is 0.240 e. The van der Waals surface area contributed by atoms with Gasteiger partial charge in [-0.1, -0.05) is 6.07 Å². The minimum Gasteiger partial charge on any atom is -0.337 e. The smallest absolute Gasteiger partial charge is 0.240 e. The zero-order valence-electron chi connectivity index (χ0n) is 13.9. The number of carbonyl (C=O) groups is 1. The SMILES string of the molecule is Cc1ccc(S(=O)(=O)NCCC(=O)N2CCNC[C@@H]2C)cc1C. The molecule has 7 heteroatoms. The molecule has 1 aromatic rings. The van der Waals surface area contributed by atoms with Gasteiger partial charge in [0.1, 0.15) is 0 Å². The molecule has 1 heterocycles. The number of amides is 1. The van der Waals surface area contributed by atoms with E-state index < -0.39 is 10.0 Å². The van der Waals surface area contributed by atoms with Crippen molar-refractivity contribution in [1.29, 1.82) is 0 Å². The number of nitrogens with one attached hydrogen (secondary N) is 2. The summed E-state index contributed by atoms with van der Waals surface area (Å²) >= 11 is 0. The number of piperazine rings is 1. The van der Waals surface area contributed by atoms with Crippen LogP contribution >= 0.6 is 0 Å². The Bertz CT molecular complexity index is 673. The molecule has 1 fully saturated rings. The zero-order chi connectivity index (χ0) is 17.0. The number of benzene rings is 1. The summed E-state index contributed by atoms with van der Waals surface area (Å²) in [5.41, 5.74) is 1.98. The summed E-state index contributed by atoms with van der Waals surface area (Å²) in [7, 11) is -3.57. The molecule has 1 aromatic carbocycles. The largest absolute Gasteiger partial charge is 0.337 e. The molecule has 1 atom stereocenters. The Balaban J connectivity index is 1.91. The molecule has 1 amide bonds. The highest BCUT2D eigenvalue weighted by molar-refractivity contribution is 7.89. The quantitative estimate of drug-likeness (QED) is 0.831. The molecular formula is C16H25N3O3S. The fourth-order valence-corrected chi connectivity index (χ4v) is 3.73. The van der Waals surface area contributed by atoms with Crippen LogP contribution in [0.4, 0.5) is 0 Å². The summed E-state index contributed by atoms with van der Waals surface area (Å²) in [6, 6.07) is 5.17. The van der Waals surface area contributed by atoms with Gasteiger partial charge < -0.3 is 10.2 Å². The lowest BCUT2D eigenvalue weighted by Crippen LogP contribution is -2.52. The van der Waals surface area contributed by atoms with Gasteiger partial charge in [0, 0.05) is 38.6 Å². The number of hydrogen-bond donors (Lipinski definition) is 2. The third-order valence-electron chi connectivity index (χ3n) is 4.24. The third kappa shape index (κ3) is 4.53. The summed E-state index contributed by atoms with van der Waals surface area (Å²) in [5.74, 6) is -0.0122. The molecule has 1 saturated heterocycles. The number of sulfonamides is 1. The van der Waals surface area contributed by atoms with E-state index in [4.69, 9.17) is 0 Å². The average Bonchev–Trinajstić information content (AvgIpc) is 2.50. The maximum atomic E-state index is 12.3. The van der Waals surface area contributed by atoms with Gasteiger partial charge in [0.15, 0.2) is 0 Å². The Morgan fingerprint density at radius 1 is 1.35 bits per heavy atom. The molecule has 6 nitrogen and oxygen atoms in total. The zero-order valence-corrected chi connectivity index (χ0v) is 14.7. The molecule has 1 aliphatic rings. The lowest BCUT2D eigenvalue weighted by Gasteiger charge is -2.34. The first kappa shape index (κ1) is 17.9. The highest BCUT2D eigenvalue weighted by atomic mass is 32.2. The van der Waals surface area contributed by atoms with Crippen LogP contribution < -0.4 is 10.0 Å². The average molecular weight is 339 g/mol. The van der Waals surface area contributed by atoms with Crippen LogP contribution in [-0.2, 0) is 14.8 Å². The van der Waals surface area contributed by atoms with Gasteiger partial charge in [-0.2, -0.15) is 0 Å². The van der Waals surface area contributed by atoms with E-state index >= 15 is 0 Å². The number of rotatable bonds is 5. The third-order valence-corrected chi connectivity index (χ3v) is 5.70. The van der Waals surface area contributed by atoms with E-state index in [-0.39, 0.29) is 29.8 Å². The topological polar surface area (TPSA) is 78.5 Å². The van der Waals surface area contributed by atoms with E-state index in [2.05, 4.69) is 10.0 Å². The Hall–Kier alpha value is -1.44. The summed E-state index contributed by atoms with van der Waals surface area (Å²) in [6.07, 6.45) is 0.175. The number of aryl methyl sites for hydroxylation is 2. The summed E-state index contributed by atoms with van der Waals surface area (Å²) in [5, 5.41) is 3.23. The predicted molar refractivity (Wildman–Crippen MR) is 89.8 cm³/mol. The van der Waals surface area contributed by atoms with Crippen LogP contribution in [0.5, 0.6) is 0 Å². The number of hydrogen-bond acceptors (Lipinski definition) is 4. The first-order valence-electron chi connectivity index (χ1n) is 7.88. The van der Waals surface area contributed by atoms with E-state index in [1.54, 1.807) is 23.1 Å². The Morgan fingerprint density at radius 2 is 2.09 bits per heavy atom.